The van der Waals surface area contributed by atoms with Crippen molar-refractivity contribution < 1.29 is 8.78 Å². The minimum absolute atomic E-state index is 0.552. The van der Waals surface area contributed by atoms with Crippen LogP contribution in [0.25, 0.3) is 0 Å². The molecule has 0 spiro atoms. The summed E-state index contributed by atoms with van der Waals surface area (Å²) in [7, 11) is 0. The van der Waals surface area contributed by atoms with Crippen LogP contribution < -0.4 is 5.32 Å². The van der Waals surface area contributed by atoms with Crippen molar-refractivity contribution in [3.63, 3.8) is 0 Å². The summed E-state index contributed by atoms with van der Waals surface area (Å²) in [6.45, 7) is 4.58. The molecule has 3 nitrogen and oxygen atoms in total. The second kappa shape index (κ2) is 6.06. The number of hydrogen-bond acceptors (Lipinski definition) is 3. The molecule has 2 N–H and O–H groups in total. The summed E-state index contributed by atoms with van der Waals surface area (Å²) in [5, 5.41) is 10.3. The SMILES string of the molecule is Cc1n[nH]c(C)c1CNc1ccc(SC(F)F)cc1. The third kappa shape index (κ3) is 3.70. The van der Waals surface area contributed by atoms with Crippen molar-refractivity contribution in [3.8, 4) is 0 Å². The van der Waals surface area contributed by atoms with E-state index in [1.165, 1.54) is 0 Å². The Bertz CT molecular complexity index is 518. The summed E-state index contributed by atoms with van der Waals surface area (Å²) in [4.78, 5) is 0.566. The normalized spacial score (nSPS) is 11.0. The van der Waals surface area contributed by atoms with Crippen molar-refractivity contribution in [1.29, 1.82) is 0 Å². The lowest BCUT2D eigenvalue weighted by molar-refractivity contribution is 0.252. The fourth-order valence-corrected chi connectivity index (χ4v) is 2.28. The van der Waals surface area contributed by atoms with Gasteiger partial charge in [-0.25, -0.2) is 0 Å². The Morgan fingerprint density at radius 1 is 1.26 bits per heavy atom. The molecule has 2 rings (SSSR count). The lowest BCUT2D eigenvalue weighted by Gasteiger charge is -2.07. The number of H-pyrrole nitrogens is 1. The van der Waals surface area contributed by atoms with Gasteiger partial charge in [-0.15, -0.1) is 0 Å². The highest BCUT2D eigenvalue weighted by Gasteiger charge is 2.07. The summed E-state index contributed by atoms with van der Waals surface area (Å²) in [6, 6.07) is 6.98. The van der Waals surface area contributed by atoms with Gasteiger partial charge in [0.1, 0.15) is 0 Å². The Hall–Kier alpha value is -1.56. The smallest absolute Gasteiger partial charge is 0.288 e. The molecule has 0 amide bonds. The molecule has 6 heteroatoms. The lowest BCUT2D eigenvalue weighted by Crippen LogP contribution is -2.01. The van der Waals surface area contributed by atoms with Crippen LogP contribution in [0.3, 0.4) is 0 Å². The molecule has 1 aromatic carbocycles. The maximum absolute atomic E-state index is 12.2. The first-order valence-corrected chi connectivity index (χ1v) is 6.73. The second-order valence-corrected chi connectivity index (χ2v) is 5.23. The highest BCUT2D eigenvalue weighted by molar-refractivity contribution is 7.99. The zero-order valence-corrected chi connectivity index (χ0v) is 11.5. The first-order valence-electron chi connectivity index (χ1n) is 5.85. The first-order chi connectivity index (χ1) is 9.06. The molecule has 0 aliphatic rings. The molecule has 102 valence electrons. The molecule has 0 atom stereocenters. The Morgan fingerprint density at radius 3 is 2.47 bits per heavy atom. The minimum Gasteiger partial charge on any atom is -0.381 e. The van der Waals surface area contributed by atoms with E-state index in [1.807, 2.05) is 13.8 Å². The topological polar surface area (TPSA) is 40.7 Å². The number of aromatic amines is 1. The number of thioether (sulfide) groups is 1. The quantitative estimate of drug-likeness (QED) is 0.816. The molecule has 0 unspecified atom stereocenters. The van der Waals surface area contributed by atoms with Gasteiger partial charge >= 0.3 is 0 Å². The van der Waals surface area contributed by atoms with Gasteiger partial charge in [-0.1, -0.05) is 11.8 Å². The number of halogens is 2. The van der Waals surface area contributed by atoms with Gasteiger partial charge in [-0.2, -0.15) is 13.9 Å². The van der Waals surface area contributed by atoms with Gasteiger partial charge in [-0.05, 0) is 38.1 Å². The zero-order valence-electron chi connectivity index (χ0n) is 10.7. The molecular formula is C13H15F2N3S. The molecular weight excluding hydrogens is 268 g/mol. The number of alkyl halides is 2. The molecule has 1 aromatic heterocycles. The number of benzene rings is 1. The maximum Gasteiger partial charge on any atom is 0.288 e. The van der Waals surface area contributed by atoms with Crippen LogP contribution in [0.1, 0.15) is 17.0 Å². The largest absolute Gasteiger partial charge is 0.381 e. The highest BCUT2D eigenvalue weighted by atomic mass is 32.2. The van der Waals surface area contributed by atoms with Crippen LogP contribution in [0.4, 0.5) is 14.5 Å². The number of aryl methyl sites for hydroxylation is 2. The number of hydrogen-bond donors (Lipinski definition) is 2. The van der Waals surface area contributed by atoms with Crippen LogP contribution >= 0.6 is 11.8 Å². The third-order valence-corrected chi connectivity index (χ3v) is 3.55. The summed E-state index contributed by atoms with van der Waals surface area (Å²) < 4.78 is 24.4. The Kier molecular flexibility index (Phi) is 4.42. The number of nitrogens with zero attached hydrogens (tertiary/aromatic N) is 1. The van der Waals surface area contributed by atoms with Crippen molar-refractivity contribution in [2.24, 2.45) is 0 Å². The fraction of sp³-hybridized carbons (Fsp3) is 0.308. The Morgan fingerprint density at radius 2 is 1.95 bits per heavy atom. The maximum atomic E-state index is 12.2. The molecule has 19 heavy (non-hydrogen) atoms. The average Bonchev–Trinajstić information content (AvgIpc) is 2.68. The van der Waals surface area contributed by atoms with Gasteiger partial charge in [0.25, 0.3) is 5.76 Å². The predicted molar refractivity (Wildman–Crippen MR) is 73.7 cm³/mol. The van der Waals surface area contributed by atoms with E-state index in [-0.39, 0.29) is 0 Å². The van der Waals surface area contributed by atoms with Crippen LogP contribution in [0, 0.1) is 13.8 Å². The van der Waals surface area contributed by atoms with E-state index >= 15 is 0 Å². The monoisotopic (exact) mass is 283 g/mol. The zero-order chi connectivity index (χ0) is 13.8. The van der Waals surface area contributed by atoms with Gasteiger partial charge in [0.15, 0.2) is 0 Å². The van der Waals surface area contributed by atoms with Crippen molar-refractivity contribution >= 4 is 17.4 Å². The van der Waals surface area contributed by atoms with Crippen LogP contribution in [-0.2, 0) is 6.54 Å². The van der Waals surface area contributed by atoms with Crippen LogP contribution in [0.2, 0.25) is 0 Å². The van der Waals surface area contributed by atoms with Gasteiger partial charge in [0, 0.05) is 28.4 Å². The van der Waals surface area contributed by atoms with Crippen molar-refractivity contribution in [2.45, 2.75) is 31.0 Å². The van der Waals surface area contributed by atoms with Crippen molar-refractivity contribution in [3.05, 3.63) is 41.2 Å². The van der Waals surface area contributed by atoms with Crippen LogP contribution in [0.5, 0.6) is 0 Å². The molecule has 0 radical (unpaired) electrons. The first kappa shape index (κ1) is 13.9. The van der Waals surface area contributed by atoms with Crippen molar-refractivity contribution in [2.75, 3.05) is 5.32 Å². The van der Waals surface area contributed by atoms with E-state index < -0.39 is 5.76 Å². The van der Waals surface area contributed by atoms with E-state index in [4.69, 9.17) is 0 Å². The average molecular weight is 283 g/mol. The summed E-state index contributed by atoms with van der Waals surface area (Å²) in [5.74, 6) is -2.38. The Balaban J connectivity index is 1.97. The molecule has 0 saturated carbocycles. The lowest BCUT2D eigenvalue weighted by atomic mass is 10.2. The van der Waals surface area contributed by atoms with Gasteiger partial charge < -0.3 is 5.32 Å². The van der Waals surface area contributed by atoms with E-state index in [0.717, 1.165) is 22.6 Å². The van der Waals surface area contributed by atoms with E-state index in [1.54, 1.807) is 24.3 Å². The number of anilines is 1. The molecule has 0 aliphatic heterocycles. The van der Waals surface area contributed by atoms with E-state index in [0.29, 0.717) is 23.2 Å². The van der Waals surface area contributed by atoms with Gasteiger partial charge in [-0.3, -0.25) is 5.10 Å². The standard InChI is InChI=1S/C13H15F2N3S/c1-8-12(9(2)18-17-8)7-16-10-3-5-11(6-4-10)19-13(14)15/h3-6,13,16H,7H2,1-2H3,(H,17,18). The predicted octanol–water partition coefficient (Wildman–Crippen LogP) is 3.95. The Labute approximate surface area is 114 Å². The van der Waals surface area contributed by atoms with Crippen LogP contribution in [-0.4, -0.2) is 16.0 Å². The number of aromatic nitrogens is 2. The highest BCUT2D eigenvalue weighted by Crippen LogP contribution is 2.26. The van der Waals surface area contributed by atoms with Gasteiger partial charge in [0.2, 0.25) is 0 Å². The molecule has 1 heterocycles. The molecule has 2 aromatic rings. The summed E-state index contributed by atoms with van der Waals surface area (Å²) in [6.07, 6.45) is 0. The van der Waals surface area contributed by atoms with E-state index in [2.05, 4.69) is 15.5 Å². The molecule has 0 saturated heterocycles. The molecule has 0 aliphatic carbocycles. The van der Waals surface area contributed by atoms with Crippen molar-refractivity contribution in [1.82, 2.24) is 10.2 Å². The summed E-state index contributed by atoms with van der Waals surface area (Å²) >= 11 is 0.552. The number of rotatable bonds is 5. The summed E-state index contributed by atoms with van der Waals surface area (Å²) in [5.41, 5.74) is 4.04. The third-order valence-electron chi connectivity index (χ3n) is 2.83. The van der Waals surface area contributed by atoms with Gasteiger partial charge in [0.05, 0.1) is 5.69 Å². The molecule has 0 bridgehead atoms. The van der Waals surface area contributed by atoms with E-state index in [9.17, 15) is 8.78 Å². The molecule has 0 fully saturated rings. The van der Waals surface area contributed by atoms with Crippen LogP contribution in [0.15, 0.2) is 29.2 Å². The fourth-order valence-electron chi connectivity index (χ4n) is 1.78. The minimum atomic E-state index is -2.38. The number of nitrogens with one attached hydrogen (secondary N) is 2. The second-order valence-electron chi connectivity index (χ2n) is 4.17.